The van der Waals surface area contributed by atoms with Crippen molar-refractivity contribution in [1.29, 1.82) is 0 Å². The van der Waals surface area contributed by atoms with Crippen LogP contribution in [0.3, 0.4) is 0 Å². The van der Waals surface area contributed by atoms with Gasteiger partial charge in [0.15, 0.2) is 11.6 Å². The van der Waals surface area contributed by atoms with Crippen LogP contribution >= 0.6 is 23.2 Å². The van der Waals surface area contributed by atoms with Crippen LogP contribution in [0.1, 0.15) is 5.56 Å². The van der Waals surface area contributed by atoms with Crippen LogP contribution in [0.5, 0.6) is 11.5 Å². The molecule has 0 radical (unpaired) electrons. The zero-order valence-corrected chi connectivity index (χ0v) is 15.0. The second-order valence-corrected chi connectivity index (χ2v) is 6.14. The number of aromatic nitrogens is 1. The number of rotatable bonds is 5. The molecule has 128 valence electrons. The van der Waals surface area contributed by atoms with Gasteiger partial charge in [0.05, 0.1) is 7.11 Å². The van der Waals surface area contributed by atoms with Crippen LogP contribution in [0.4, 0.5) is 5.82 Å². The average molecular weight is 375 g/mol. The maximum Gasteiger partial charge on any atom is 0.166 e. The monoisotopic (exact) mass is 374 g/mol. The highest BCUT2D eigenvalue weighted by Crippen LogP contribution is 2.30. The minimum Gasteiger partial charge on any atom is -0.497 e. The minimum absolute atomic E-state index is 0.205. The highest BCUT2D eigenvalue weighted by atomic mass is 35.5. The molecule has 0 saturated heterocycles. The summed E-state index contributed by atoms with van der Waals surface area (Å²) < 4.78 is 11.0. The lowest BCUT2D eigenvalue weighted by Crippen LogP contribution is -2.02. The molecule has 0 aliphatic heterocycles. The summed E-state index contributed by atoms with van der Waals surface area (Å²) in [6.45, 7) is 0.205. The van der Waals surface area contributed by atoms with Gasteiger partial charge in [-0.3, -0.25) is 0 Å². The van der Waals surface area contributed by atoms with Gasteiger partial charge in [0.25, 0.3) is 0 Å². The van der Waals surface area contributed by atoms with E-state index in [0.29, 0.717) is 27.2 Å². The Labute approximate surface area is 156 Å². The van der Waals surface area contributed by atoms with E-state index >= 15 is 0 Å². The van der Waals surface area contributed by atoms with Crippen LogP contribution in [0.25, 0.3) is 11.1 Å². The van der Waals surface area contributed by atoms with Crippen molar-refractivity contribution >= 4 is 29.0 Å². The summed E-state index contributed by atoms with van der Waals surface area (Å²) in [6.07, 6.45) is 1.70. The fraction of sp³-hybridized carbons (Fsp3) is 0.105. The lowest BCUT2D eigenvalue weighted by molar-refractivity contribution is 0.307. The van der Waals surface area contributed by atoms with Crippen molar-refractivity contribution < 1.29 is 9.47 Å². The molecule has 0 amide bonds. The van der Waals surface area contributed by atoms with Crippen LogP contribution < -0.4 is 15.2 Å². The van der Waals surface area contributed by atoms with Gasteiger partial charge in [-0.25, -0.2) is 4.98 Å². The first kappa shape index (κ1) is 17.4. The summed E-state index contributed by atoms with van der Waals surface area (Å²) in [4.78, 5) is 4.21. The van der Waals surface area contributed by atoms with Crippen LogP contribution in [0.15, 0.2) is 54.7 Å². The number of pyridine rings is 1. The maximum atomic E-state index is 6.17. The Bertz CT molecular complexity index is 863. The first-order valence-corrected chi connectivity index (χ1v) is 8.29. The zero-order valence-electron chi connectivity index (χ0n) is 13.5. The molecular formula is C19H16Cl2N2O2. The Morgan fingerprint density at radius 3 is 2.32 bits per heavy atom. The summed E-state index contributed by atoms with van der Waals surface area (Å²) in [5.41, 5.74) is 8.51. The molecule has 0 aliphatic carbocycles. The highest BCUT2D eigenvalue weighted by Gasteiger charge is 2.10. The number of methoxy groups -OCH3 is 1. The summed E-state index contributed by atoms with van der Waals surface area (Å²) >= 11 is 12.3. The van der Waals surface area contributed by atoms with Crippen LogP contribution in [-0.4, -0.2) is 12.1 Å². The summed E-state index contributed by atoms with van der Waals surface area (Å²) in [6, 6.07) is 14.8. The SMILES string of the molecule is COc1ccc(-c2cnc(N)c(OCc3c(Cl)cccc3Cl)c2)cc1. The largest absolute Gasteiger partial charge is 0.497 e. The minimum atomic E-state index is 0.205. The molecular weight excluding hydrogens is 359 g/mol. The summed E-state index contributed by atoms with van der Waals surface area (Å²) in [5.74, 6) is 1.57. The van der Waals surface area contributed by atoms with E-state index in [1.165, 1.54) is 0 Å². The molecule has 0 aliphatic rings. The van der Waals surface area contributed by atoms with Gasteiger partial charge in [0.2, 0.25) is 0 Å². The van der Waals surface area contributed by atoms with E-state index in [1.54, 1.807) is 31.5 Å². The van der Waals surface area contributed by atoms with E-state index in [4.69, 9.17) is 38.4 Å². The third-order valence-corrected chi connectivity index (χ3v) is 4.45. The molecule has 4 nitrogen and oxygen atoms in total. The molecule has 2 aromatic carbocycles. The number of nitrogen functional groups attached to an aromatic ring is 1. The fourth-order valence-electron chi connectivity index (χ4n) is 2.33. The van der Waals surface area contributed by atoms with Crippen molar-refractivity contribution in [2.24, 2.45) is 0 Å². The van der Waals surface area contributed by atoms with Crippen molar-refractivity contribution in [3.63, 3.8) is 0 Å². The molecule has 0 fully saturated rings. The molecule has 6 heteroatoms. The molecule has 2 N–H and O–H groups in total. The molecule has 0 spiro atoms. The Balaban J connectivity index is 1.84. The lowest BCUT2D eigenvalue weighted by atomic mass is 10.1. The topological polar surface area (TPSA) is 57.4 Å². The Morgan fingerprint density at radius 2 is 1.68 bits per heavy atom. The Hall–Kier alpha value is -2.43. The molecule has 1 aromatic heterocycles. The van der Waals surface area contributed by atoms with Crippen LogP contribution in [0, 0.1) is 0 Å². The van der Waals surface area contributed by atoms with Gasteiger partial charge in [0, 0.05) is 27.4 Å². The zero-order chi connectivity index (χ0) is 17.8. The van der Waals surface area contributed by atoms with E-state index in [9.17, 15) is 0 Å². The first-order valence-electron chi connectivity index (χ1n) is 7.54. The van der Waals surface area contributed by atoms with Gasteiger partial charge in [-0.05, 0) is 35.9 Å². The number of nitrogens with zero attached hydrogens (tertiary/aromatic N) is 1. The van der Waals surface area contributed by atoms with Crippen molar-refractivity contribution in [3.05, 3.63) is 70.3 Å². The molecule has 0 atom stereocenters. The smallest absolute Gasteiger partial charge is 0.166 e. The maximum absolute atomic E-state index is 6.17. The van der Waals surface area contributed by atoms with Crippen LogP contribution in [-0.2, 0) is 6.61 Å². The first-order chi connectivity index (χ1) is 12.1. The molecule has 3 rings (SSSR count). The third kappa shape index (κ3) is 3.98. The standard InChI is InChI=1S/C19H16Cl2N2O2/c1-24-14-7-5-12(6-8-14)13-9-18(19(22)23-10-13)25-11-15-16(20)3-2-4-17(15)21/h2-10H,11H2,1H3,(H2,22,23). The summed E-state index contributed by atoms with van der Waals surface area (Å²) in [5, 5.41) is 1.09. The van der Waals surface area contributed by atoms with Gasteiger partial charge in [0.1, 0.15) is 12.4 Å². The van der Waals surface area contributed by atoms with E-state index in [1.807, 2.05) is 30.3 Å². The Kier molecular flexibility index (Phi) is 5.31. The predicted octanol–water partition coefficient (Wildman–Crippen LogP) is 5.23. The number of nitrogens with two attached hydrogens (primary N) is 1. The van der Waals surface area contributed by atoms with E-state index < -0.39 is 0 Å². The van der Waals surface area contributed by atoms with Gasteiger partial charge >= 0.3 is 0 Å². The number of anilines is 1. The molecule has 1 heterocycles. The van der Waals surface area contributed by atoms with Crippen molar-refractivity contribution in [2.75, 3.05) is 12.8 Å². The summed E-state index contributed by atoms with van der Waals surface area (Å²) in [7, 11) is 1.63. The van der Waals surface area contributed by atoms with Gasteiger partial charge in [-0.15, -0.1) is 0 Å². The van der Waals surface area contributed by atoms with Gasteiger partial charge in [-0.1, -0.05) is 41.4 Å². The lowest BCUT2D eigenvalue weighted by Gasteiger charge is -2.12. The van der Waals surface area contributed by atoms with Gasteiger partial charge < -0.3 is 15.2 Å². The predicted molar refractivity (Wildman–Crippen MR) is 101 cm³/mol. The normalized spacial score (nSPS) is 10.5. The van der Waals surface area contributed by atoms with Crippen LogP contribution in [0.2, 0.25) is 10.0 Å². The molecule has 0 saturated carbocycles. The second-order valence-electron chi connectivity index (χ2n) is 5.32. The number of hydrogen-bond acceptors (Lipinski definition) is 4. The molecule has 3 aromatic rings. The Morgan fingerprint density at radius 1 is 1.00 bits per heavy atom. The molecule has 0 bridgehead atoms. The molecule has 0 unspecified atom stereocenters. The fourth-order valence-corrected chi connectivity index (χ4v) is 2.84. The number of ether oxygens (including phenoxy) is 2. The van der Waals surface area contributed by atoms with Crippen molar-refractivity contribution in [1.82, 2.24) is 4.98 Å². The number of halogens is 2. The third-order valence-electron chi connectivity index (χ3n) is 3.74. The van der Waals surface area contributed by atoms with Crippen molar-refractivity contribution in [3.8, 4) is 22.6 Å². The second kappa shape index (κ2) is 7.64. The average Bonchev–Trinajstić information content (AvgIpc) is 2.63. The van der Waals surface area contributed by atoms with Crippen molar-refractivity contribution in [2.45, 2.75) is 6.61 Å². The number of benzene rings is 2. The molecule has 25 heavy (non-hydrogen) atoms. The van der Waals surface area contributed by atoms with E-state index in [2.05, 4.69) is 4.98 Å². The van der Waals surface area contributed by atoms with E-state index in [-0.39, 0.29) is 6.61 Å². The number of hydrogen-bond donors (Lipinski definition) is 1. The van der Waals surface area contributed by atoms with Gasteiger partial charge in [-0.2, -0.15) is 0 Å². The quantitative estimate of drug-likeness (QED) is 0.664. The highest BCUT2D eigenvalue weighted by molar-refractivity contribution is 6.35. The van der Waals surface area contributed by atoms with E-state index in [0.717, 1.165) is 16.9 Å².